The van der Waals surface area contributed by atoms with Crippen LogP contribution in [0.25, 0.3) is 0 Å². The van der Waals surface area contributed by atoms with Crippen LogP contribution in [0.3, 0.4) is 0 Å². The van der Waals surface area contributed by atoms with Gasteiger partial charge >= 0.3 is 0 Å². The van der Waals surface area contributed by atoms with Gasteiger partial charge in [-0.2, -0.15) is 0 Å². The van der Waals surface area contributed by atoms with Crippen LogP contribution in [0.1, 0.15) is 12.5 Å². The SMILES string of the molecule is CC(=N)C(=N)Cc1ccc(O)cc1. The molecule has 0 fully saturated rings. The third-order valence-electron chi connectivity index (χ3n) is 1.77. The van der Waals surface area contributed by atoms with Crippen LogP contribution in [0.5, 0.6) is 5.75 Å². The van der Waals surface area contributed by atoms with Gasteiger partial charge in [-0.25, -0.2) is 0 Å². The number of benzene rings is 1. The standard InChI is InChI=1S/C10H12N2O/c1-7(11)10(12)6-8-2-4-9(13)5-3-8/h2-5,11-13H,6H2,1H3. The molecule has 68 valence electrons. The van der Waals surface area contributed by atoms with Gasteiger partial charge in [0.2, 0.25) is 0 Å². The predicted molar refractivity (Wildman–Crippen MR) is 52.9 cm³/mol. The van der Waals surface area contributed by atoms with Gasteiger partial charge < -0.3 is 15.9 Å². The molecule has 0 atom stereocenters. The van der Waals surface area contributed by atoms with Gasteiger partial charge in [0, 0.05) is 12.1 Å². The van der Waals surface area contributed by atoms with Crippen molar-refractivity contribution in [1.82, 2.24) is 0 Å². The van der Waals surface area contributed by atoms with Crippen molar-refractivity contribution < 1.29 is 5.11 Å². The summed E-state index contributed by atoms with van der Waals surface area (Å²) in [5.41, 5.74) is 1.54. The molecule has 0 heterocycles. The van der Waals surface area contributed by atoms with Gasteiger partial charge in [-0.3, -0.25) is 0 Å². The third kappa shape index (κ3) is 2.71. The molecule has 1 aromatic carbocycles. The molecule has 13 heavy (non-hydrogen) atoms. The molecule has 0 saturated carbocycles. The van der Waals surface area contributed by atoms with E-state index in [4.69, 9.17) is 15.9 Å². The van der Waals surface area contributed by atoms with E-state index < -0.39 is 0 Å². The molecular weight excluding hydrogens is 164 g/mol. The van der Waals surface area contributed by atoms with Crippen molar-refractivity contribution in [2.24, 2.45) is 0 Å². The molecule has 0 aliphatic heterocycles. The Balaban J connectivity index is 2.70. The Kier molecular flexibility index (Phi) is 2.80. The molecule has 0 aliphatic carbocycles. The van der Waals surface area contributed by atoms with Gasteiger partial charge in [0.05, 0.1) is 5.71 Å². The summed E-state index contributed by atoms with van der Waals surface area (Å²) in [5.74, 6) is 0.224. The van der Waals surface area contributed by atoms with Crippen LogP contribution >= 0.6 is 0 Å². The van der Waals surface area contributed by atoms with Gasteiger partial charge in [-0.05, 0) is 24.6 Å². The topological polar surface area (TPSA) is 67.9 Å². The van der Waals surface area contributed by atoms with Crippen molar-refractivity contribution in [1.29, 1.82) is 10.8 Å². The Labute approximate surface area is 77.1 Å². The van der Waals surface area contributed by atoms with Crippen molar-refractivity contribution in [2.75, 3.05) is 0 Å². The van der Waals surface area contributed by atoms with Gasteiger partial charge in [-0.15, -0.1) is 0 Å². The molecule has 0 saturated heterocycles. The van der Waals surface area contributed by atoms with E-state index in [1.807, 2.05) is 0 Å². The summed E-state index contributed by atoms with van der Waals surface area (Å²) in [7, 11) is 0. The summed E-state index contributed by atoms with van der Waals surface area (Å²) in [5, 5.41) is 23.7. The van der Waals surface area contributed by atoms with E-state index in [-0.39, 0.29) is 11.5 Å². The second-order valence-corrected chi connectivity index (χ2v) is 2.95. The Morgan fingerprint density at radius 3 is 2.23 bits per heavy atom. The summed E-state index contributed by atoms with van der Waals surface area (Å²) < 4.78 is 0. The molecule has 3 N–H and O–H groups in total. The minimum absolute atomic E-state index is 0.224. The summed E-state index contributed by atoms with van der Waals surface area (Å²) in [4.78, 5) is 0. The molecule has 0 aliphatic rings. The lowest BCUT2D eigenvalue weighted by atomic mass is 10.1. The zero-order chi connectivity index (χ0) is 9.84. The van der Waals surface area contributed by atoms with E-state index in [0.29, 0.717) is 12.1 Å². The highest BCUT2D eigenvalue weighted by atomic mass is 16.3. The van der Waals surface area contributed by atoms with E-state index in [9.17, 15) is 0 Å². The Morgan fingerprint density at radius 1 is 1.23 bits per heavy atom. The van der Waals surface area contributed by atoms with Crippen LogP contribution < -0.4 is 0 Å². The number of rotatable bonds is 3. The van der Waals surface area contributed by atoms with E-state index in [1.165, 1.54) is 0 Å². The van der Waals surface area contributed by atoms with E-state index >= 15 is 0 Å². The Hall–Kier alpha value is -1.64. The van der Waals surface area contributed by atoms with Crippen molar-refractivity contribution in [3.8, 4) is 5.75 Å². The third-order valence-corrected chi connectivity index (χ3v) is 1.77. The molecule has 3 heteroatoms. The number of phenols is 1. The quantitative estimate of drug-likeness (QED) is 0.606. The molecule has 1 rings (SSSR count). The van der Waals surface area contributed by atoms with Crippen molar-refractivity contribution in [3.63, 3.8) is 0 Å². The predicted octanol–water partition coefficient (Wildman–Crippen LogP) is 1.99. The van der Waals surface area contributed by atoms with Crippen LogP contribution in [-0.2, 0) is 6.42 Å². The molecule has 0 spiro atoms. The average molecular weight is 176 g/mol. The maximum atomic E-state index is 9.00. The second kappa shape index (κ2) is 3.85. The van der Waals surface area contributed by atoms with Crippen molar-refractivity contribution >= 4 is 11.4 Å². The largest absolute Gasteiger partial charge is 0.508 e. The van der Waals surface area contributed by atoms with E-state index in [1.54, 1.807) is 31.2 Å². The van der Waals surface area contributed by atoms with Crippen LogP contribution in [0.2, 0.25) is 0 Å². The minimum atomic E-state index is 0.224. The lowest BCUT2D eigenvalue weighted by Gasteiger charge is -2.01. The Morgan fingerprint density at radius 2 is 1.77 bits per heavy atom. The first-order valence-electron chi connectivity index (χ1n) is 4.00. The van der Waals surface area contributed by atoms with Crippen LogP contribution in [0, 0.1) is 10.8 Å². The zero-order valence-electron chi connectivity index (χ0n) is 7.46. The van der Waals surface area contributed by atoms with E-state index in [0.717, 1.165) is 5.56 Å². The minimum Gasteiger partial charge on any atom is -0.508 e. The highest BCUT2D eigenvalue weighted by Gasteiger charge is 2.00. The van der Waals surface area contributed by atoms with Crippen LogP contribution in [-0.4, -0.2) is 16.5 Å². The van der Waals surface area contributed by atoms with Gasteiger partial charge in [-0.1, -0.05) is 12.1 Å². The lowest BCUT2D eigenvalue weighted by molar-refractivity contribution is 0.475. The normalized spacial score (nSPS) is 9.62. The highest BCUT2D eigenvalue weighted by Crippen LogP contribution is 2.10. The second-order valence-electron chi connectivity index (χ2n) is 2.95. The monoisotopic (exact) mass is 176 g/mol. The molecule has 3 nitrogen and oxygen atoms in total. The zero-order valence-corrected chi connectivity index (χ0v) is 7.46. The first-order valence-corrected chi connectivity index (χ1v) is 4.00. The molecule has 0 bridgehead atoms. The summed E-state index contributed by atoms with van der Waals surface area (Å²) in [6, 6.07) is 6.68. The molecule has 0 aromatic heterocycles. The maximum absolute atomic E-state index is 9.00. The van der Waals surface area contributed by atoms with Crippen LogP contribution in [0.15, 0.2) is 24.3 Å². The van der Waals surface area contributed by atoms with Crippen molar-refractivity contribution in [2.45, 2.75) is 13.3 Å². The molecular formula is C10H12N2O. The number of phenolic OH excluding ortho intramolecular Hbond substituents is 1. The van der Waals surface area contributed by atoms with Gasteiger partial charge in [0.1, 0.15) is 5.75 Å². The van der Waals surface area contributed by atoms with E-state index in [2.05, 4.69) is 0 Å². The maximum Gasteiger partial charge on any atom is 0.115 e. The Bertz CT molecular complexity index is 327. The number of aromatic hydroxyl groups is 1. The molecule has 0 unspecified atom stereocenters. The molecule has 0 radical (unpaired) electrons. The van der Waals surface area contributed by atoms with Crippen LogP contribution in [0.4, 0.5) is 0 Å². The van der Waals surface area contributed by atoms with Gasteiger partial charge in [0.25, 0.3) is 0 Å². The number of hydrogen-bond donors (Lipinski definition) is 3. The average Bonchev–Trinajstić information content (AvgIpc) is 2.08. The van der Waals surface area contributed by atoms with Gasteiger partial charge in [0.15, 0.2) is 0 Å². The number of nitrogens with one attached hydrogen (secondary N) is 2. The lowest BCUT2D eigenvalue weighted by Crippen LogP contribution is -2.10. The molecule has 1 aromatic rings. The summed E-state index contributed by atoms with van der Waals surface area (Å²) in [6.07, 6.45) is 0.454. The fraction of sp³-hybridized carbons (Fsp3) is 0.200. The summed E-state index contributed by atoms with van der Waals surface area (Å²) in [6.45, 7) is 1.60. The fourth-order valence-electron chi connectivity index (χ4n) is 0.951. The molecule has 0 amide bonds. The highest BCUT2D eigenvalue weighted by molar-refractivity contribution is 6.39. The smallest absolute Gasteiger partial charge is 0.115 e. The number of hydrogen-bond acceptors (Lipinski definition) is 3. The fourth-order valence-corrected chi connectivity index (χ4v) is 0.951. The van der Waals surface area contributed by atoms with Crippen molar-refractivity contribution in [3.05, 3.63) is 29.8 Å². The first kappa shape index (κ1) is 9.45. The first-order chi connectivity index (χ1) is 6.09. The summed E-state index contributed by atoms with van der Waals surface area (Å²) >= 11 is 0.